The van der Waals surface area contributed by atoms with Crippen LogP contribution in [0, 0.1) is 20.8 Å². The summed E-state index contributed by atoms with van der Waals surface area (Å²) in [5.41, 5.74) is 4.40. The fourth-order valence-electron chi connectivity index (χ4n) is 3.11. The van der Waals surface area contributed by atoms with Gasteiger partial charge in [0.25, 0.3) is 5.91 Å². The SMILES string of the molecule is CCn1ncc(Cn2nc(C)c(NC(=O)c3ccnn3CC(=O)O)c2C)c1C. The third-order valence-electron chi connectivity index (χ3n) is 4.68. The highest BCUT2D eigenvalue weighted by Crippen LogP contribution is 2.22. The molecule has 3 aromatic heterocycles. The molecule has 0 aliphatic carbocycles. The molecule has 0 spiro atoms. The number of amides is 1. The summed E-state index contributed by atoms with van der Waals surface area (Å²) in [5.74, 6) is -1.50. The molecule has 3 rings (SSSR count). The van der Waals surface area contributed by atoms with Gasteiger partial charge in [-0.25, -0.2) is 4.68 Å². The van der Waals surface area contributed by atoms with Crippen LogP contribution in [-0.2, 0) is 24.4 Å². The van der Waals surface area contributed by atoms with Gasteiger partial charge in [-0.1, -0.05) is 0 Å². The number of aryl methyl sites for hydroxylation is 2. The maximum Gasteiger partial charge on any atom is 0.325 e. The molecule has 0 radical (unpaired) electrons. The zero-order valence-corrected chi connectivity index (χ0v) is 16.3. The predicted octanol–water partition coefficient (Wildman–Crippen LogP) is 1.61. The second-order valence-corrected chi connectivity index (χ2v) is 6.50. The summed E-state index contributed by atoms with van der Waals surface area (Å²) < 4.78 is 4.89. The summed E-state index contributed by atoms with van der Waals surface area (Å²) >= 11 is 0. The van der Waals surface area contributed by atoms with Gasteiger partial charge in [0.2, 0.25) is 0 Å². The van der Waals surface area contributed by atoms with Crippen LogP contribution in [0.3, 0.4) is 0 Å². The zero-order valence-electron chi connectivity index (χ0n) is 16.3. The second-order valence-electron chi connectivity index (χ2n) is 6.50. The third-order valence-corrected chi connectivity index (χ3v) is 4.68. The van der Waals surface area contributed by atoms with E-state index in [-0.39, 0.29) is 12.2 Å². The van der Waals surface area contributed by atoms with Crippen LogP contribution in [0.2, 0.25) is 0 Å². The number of carbonyl (C=O) groups is 2. The van der Waals surface area contributed by atoms with E-state index in [1.54, 1.807) is 0 Å². The Morgan fingerprint density at radius 1 is 1.11 bits per heavy atom. The quantitative estimate of drug-likeness (QED) is 0.637. The Labute approximate surface area is 161 Å². The molecule has 0 unspecified atom stereocenters. The molecular weight excluding hydrogens is 362 g/mol. The minimum absolute atomic E-state index is 0.175. The Hall–Kier alpha value is -3.43. The lowest BCUT2D eigenvalue weighted by atomic mass is 10.2. The number of carboxylic acid groups (broad SMARTS) is 1. The molecule has 0 saturated heterocycles. The van der Waals surface area contributed by atoms with Gasteiger partial charge in [0.1, 0.15) is 12.2 Å². The number of anilines is 1. The van der Waals surface area contributed by atoms with Gasteiger partial charge < -0.3 is 10.4 Å². The molecule has 0 atom stereocenters. The first kappa shape index (κ1) is 19.3. The van der Waals surface area contributed by atoms with E-state index >= 15 is 0 Å². The first-order valence-electron chi connectivity index (χ1n) is 8.92. The van der Waals surface area contributed by atoms with E-state index in [1.165, 1.54) is 12.3 Å². The van der Waals surface area contributed by atoms with Crippen molar-refractivity contribution in [3.63, 3.8) is 0 Å². The number of carbonyl (C=O) groups excluding carboxylic acids is 1. The average Bonchev–Trinajstić information content (AvgIpc) is 3.30. The number of carboxylic acids is 1. The molecule has 28 heavy (non-hydrogen) atoms. The molecule has 2 N–H and O–H groups in total. The van der Waals surface area contributed by atoms with Gasteiger partial charge in [-0.2, -0.15) is 15.3 Å². The highest BCUT2D eigenvalue weighted by atomic mass is 16.4. The van der Waals surface area contributed by atoms with Crippen LogP contribution in [0.25, 0.3) is 0 Å². The molecule has 0 saturated carbocycles. The summed E-state index contributed by atoms with van der Waals surface area (Å²) in [6.45, 7) is 8.71. The zero-order chi connectivity index (χ0) is 20.4. The van der Waals surface area contributed by atoms with Gasteiger partial charge in [0, 0.05) is 24.0 Å². The van der Waals surface area contributed by atoms with E-state index in [9.17, 15) is 9.59 Å². The van der Waals surface area contributed by atoms with Crippen LogP contribution in [0.1, 0.15) is 40.1 Å². The van der Waals surface area contributed by atoms with Crippen molar-refractivity contribution in [3.05, 3.63) is 46.8 Å². The first-order valence-corrected chi connectivity index (χ1v) is 8.92. The molecule has 0 bridgehead atoms. The summed E-state index contributed by atoms with van der Waals surface area (Å²) in [6.07, 6.45) is 3.23. The number of aromatic nitrogens is 6. The Morgan fingerprint density at radius 2 is 1.86 bits per heavy atom. The molecule has 10 nitrogen and oxygen atoms in total. The van der Waals surface area contributed by atoms with Crippen molar-refractivity contribution in [2.24, 2.45) is 0 Å². The van der Waals surface area contributed by atoms with Crippen LogP contribution < -0.4 is 5.32 Å². The Balaban J connectivity index is 1.82. The number of hydrogen-bond acceptors (Lipinski definition) is 5. The Bertz CT molecular complexity index is 1030. The fraction of sp³-hybridized carbons (Fsp3) is 0.389. The monoisotopic (exact) mass is 385 g/mol. The molecule has 0 aromatic carbocycles. The van der Waals surface area contributed by atoms with Crippen molar-refractivity contribution in [1.29, 1.82) is 0 Å². The van der Waals surface area contributed by atoms with Gasteiger partial charge in [-0.05, 0) is 33.8 Å². The molecule has 1 amide bonds. The number of hydrogen-bond donors (Lipinski definition) is 2. The van der Waals surface area contributed by atoms with E-state index < -0.39 is 11.9 Å². The fourth-order valence-corrected chi connectivity index (χ4v) is 3.11. The van der Waals surface area contributed by atoms with E-state index in [2.05, 4.69) is 20.6 Å². The van der Waals surface area contributed by atoms with Gasteiger partial charge in [-0.15, -0.1) is 0 Å². The number of aliphatic carboxylic acids is 1. The molecule has 0 aliphatic rings. The van der Waals surface area contributed by atoms with E-state index in [4.69, 9.17) is 5.11 Å². The van der Waals surface area contributed by atoms with E-state index in [0.29, 0.717) is 17.9 Å². The number of rotatable bonds is 7. The molecule has 148 valence electrons. The molecule has 10 heteroatoms. The van der Waals surface area contributed by atoms with Crippen LogP contribution in [0.15, 0.2) is 18.5 Å². The van der Waals surface area contributed by atoms with Gasteiger partial charge >= 0.3 is 5.97 Å². The van der Waals surface area contributed by atoms with Crippen LogP contribution in [0.5, 0.6) is 0 Å². The molecule has 3 aromatic rings. The molecule has 3 heterocycles. The van der Waals surface area contributed by atoms with E-state index in [1.807, 2.05) is 43.3 Å². The summed E-state index contributed by atoms with van der Waals surface area (Å²) in [4.78, 5) is 23.6. The van der Waals surface area contributed by atoms with Crippen molar-refractivity contribution in [1.82, 2.24) is 29.3 Å². The van der Waals surface area contributed by atoms with Crippen molar-refractivity contribution in [3.8, 4) is 0 Å². The van der Waals surface area contributed by atoms with Crippen molar-refractivity contribution >= 4 is 17.6 Å². The normalized spacial score (nSPS) is 11.0. The highest BCUT2D eigenvalue weighted by Gasteiger charge is 2.19. The lowest BCUT2D eigenvalue weighted by Crippen LogP contribution is -2.21. The van der Waals surface area contributed by atoms with Crippen LogP contribution in [0.4, 0.5) is 5.69 Å². The minimum Gasteiger partial charge on any atom is -0.480 e. The highest BCUT2D eigenvalue weighted by molar-refractivity contribution is 6.03. The van der Waals surface area contributed by atoms with Crippen molar-refractivity contribution in [2.45, 2.75) is 47.3 Å². The maximum absolute atomic E-state index is 12.6. The lowest BCUT2D eigenvalue weighted by Gasteiger charge is -2.08. The van der Waals surface area contributed by atoms with Gasteiger partial charge in [0.05, 0.1) is 29.8 Å². The van der Waals surface area contributed by atoms with Crippen molar-refractivity contribution < 1.29 is 14.7 Å². The Morgan fingerprint density at radius 3 is 2.50 bits per heavy atom. The summed E-state index contributed by atoms with van der Waals surface area (Å²) in [5, 5.41) is 24.6. The smallest absolute Gasteiger partial charge is 0.325 e. The number of nitrogens with one attached hydrogen (secondary N) is 1. The average molecular weight is 385 g/mol. The Kier molecular flexibility index (Phi) is 5.30. The standard InChI is InChI=1S/C18H23N7O3/c1-5-23-12(3)14(8-20-23)9-24-13(4)17(11(2)22-24)21-18(28)15-6-7-19-25(15)10-16(26)27/h6-8H,5,9-10H2,1-4H3,(H,21,28)(H,26,27). The summed E-state index contributed by atoms with van der Waals surface area (Å²) in [6, 6.07) is 1.48. The third kappa shape index (κ3) is 3.66. The van der Waals surface area contributed by atoms with E-state index in [0.717, 1.165) is 28.2 Å². The largest absolute Gasteiger partial charge is 0.480 e. The first-order chi connectivity index (χ1) is 13.3. The minimum atomic E-state index is -1.07. The van der Waals surface area contributed by atoms with Gasteiger partial charge in [0.15, 0.2) is 0 Å². The second kappa shape index (κ2) is 7.67. The molecule has 0 fully saturated rings. The van der Waals surface area contributed by atoms with Crippen molar-refractivity contribution in [2.75, 3.05) is 5.32 Å². The topological polar surface area (TPSA) is 120 Å². The number of nitrogens with zero attached hydrogens (tertiary/aromatic N) is 6. The molecule has 0 aliphatic heterocycles. The van der Waals surface area contributed by atoms with Crippen LogP contribution in [-0.4, -0.2) is 46.3 Å². The summed E-state index contributed by atoms with van der Waals surface area (Å²) in [7, 11) is 0. The maximum atomic E-state index is 12.6. The van der Waals surface area contributed by atoms with Gasteiger partial charge in [-0.3, -0.25) is 19.0 Å². The van der Waals surface area contributed by atoms with Crippen LogP contribution >= 0.6 is 0 Å². The predicted molar refractivity (Wildman–Crippen MR) is 101 cm³/mol. The molecular formula is C18H23N7O3. The lowest BCUT2D eigenvalue weighted by molar-refractivity contribution is -0.137.